The fourth-order valence-corrected chi connectivity index (χ4v) is 3.78. The molecule has 0 spiro atoms. The summed E-state index contributed by atoms with van der Waals surface area (Å²) < 4.78 is 18.6. The number of halogens is 1. The summed E-state index contributed by atoms with van der Waals surface area (Å²) in [6, 6.07) is 8.08. The van der Waals surface area contributed by atoms with Gasteiger partial charge >= 0.3 is 0 Å². The molecule has 0 bridgehead atoms. The molecule has 1 saturated heterocycles. The van der Waals surface area contributed by atoms with Crippen molar-refractivity contribution >= 4 is 29.2 Å². The second kappa shape index (κ2) is 11.0. The number of aryl methyl sites for hydroxylation is 2. The fraction of sp³-hybridized carbons (Fsp3) is 0.360. The Hall–Kier alpha value is -3.63. The molecule has 0 radical (unpaired) electrons. The van der Waals surface area contributed by atoms with Gasteiger partial charge in [0.25, 0.3) is 11.8 Å². The van der Waals surface area contributed by atoms with Crippen molar-refractivity contribution in [1.29, 1.82) is 0 Å². The number of methoxy groups -OCH3 is 1. The maximum absolute atomic E-state index is 13.0. The van der Waals surface area contributed by atoms with Gasteiger partial charge in [-0.3, -0.25) is 14.3 Å². The number of aromatic nitrogens is 3. The Morgan fingerprint density at radius 2 is 1.89 bits per heavy atom. The van der Waals surface area contributed by atoms with Gasteiger partial charge in [0.2, 0.25) is 5.88 Å². The molecule has 10 nitrogen and oxygen atoms in total. The molecule has 1 fully saturated rings. The lowest BCUT2D eigenvalue weighted by atomic mass is 10.1. The SMILES string of the molecule is COCC(C)Oc1cc(Oc2ncc(C(=O)N3CCC3)cc2Cl)cc(C(=O)Nc2cc(C)n(C)n2)c1. The Bertz CT molecular complexity index is 1250. The number of amides is 2. The first kappa shape index (κ1) is 25.5. The summed E-state index contributed by atoms with van der Waals surface area (Å²) in [5.74, 6) is 0.709. The molecule has 1 aliphatic rings. The zero-order valence-electron chi connectivity index (χ0n) is 20.6. The van der Waals surface area contributed by atoms with E-state index in [9.17, 15) is 9.59 Å². The van der Waals surface area contributed by atoms with Crippen molar-refractivity contribution in [2.45, 2.75) is 26.4 Å². The predicted octanol–water partition coefficient (Wildman–Crippen LogP) is 4.08. The van der Waals surface area contributed by atoms with Crippen molar-refractivity contribution in [3.8, 4) is 17.4 Å². The van der Waals surface area contributed by atoms with Crippen LogP contribution in [0.15, 0.2) is 36.5 Å². The number of likely N-dealkylation sites (tertiary alicyclic amines) is 1. The van der Waals surface area contributed by atoms with Crippen LogP contribution in [0.25, 0.3) is 0 Å². The topological polar surface area (TPSA) is 108 Å². The van der Waals surface area contributed by atoms with Crippen LogP contribution < -0.4 is 14.8 Å². The van der Waals surface area contributed by atoms with Crippen LogP contribution in [0, 0.1) is 6.92 Å². The van der Waals surface area contributed by atoms with Gasteiger partial charge in [0, 0.05) is 56.8 Å². The average molecular weight is 514 g/mol. The van der Waals surface area contributed by atoms with Crippen LogP contribution in [-0.4, -0.2) is 64.4 Å². The molecule has 190 valence electrons. The highest BCUT2D eigenvalue weighted by atomic mass is 35.5. The minimum absolute atomic E-state index is 0.102. The van der Waals surface area contributed by atoms with Gasteiger partial charge in [-0.2, -0.15) is 5.10 Å². The third-order valence-corrected chi connectivity index (χ3v) is 5.92. The first-order chi connectivity index (χ1) is 17.2. The number of carbonyl (C=O) groups excluding carboxylic acids is 2. The van der Waals surface area contributed by atoms with E-state index in [4.69, 9.17) is 25.8 Å². The molecular weight excluding hydrogens is 486 g/mol. The lowest BCUT2D eigenvalue weighted by Crippen LogP contribution is -2.42. The van der Waals surface area contributed by atoms with E-state index in [2.05, 4.69) is 15.4 Å². The molecule has 36 heavy (non-hydrogen) atoms. The number of hydrogen-bond donors (Lipinski definition) is 1. The number of hydrogen-bond acceptors (Lipinski definition) is 7. The lowest BCUT2D eigenvalue weighted by Gasteiger charge is -2.30. The molecule has 0 saturated carbocycles. The molecular formula is C25H28ClN5O5. The Balaban J connectivity index is 1.58. The fourth-order valence-electron chi connectivity index (χ4n) is 3.57. The van der Waals surface area contributed by atoms with Gasteiger partial charge in [0.15, 0.2) is 5.82 Å². The molecule has 11 heteroatoms. The largest absolute Gasteiger partial charge is 0.488 e. The van der Waals surface area contributed by atoms with Gasteiger partial charge in [0.1, 0.15) is 22.6 Å². The van der Waals surface area contributed by atoms with Crippen molar-refractivity contribution in [2.75, 3.05) is 32.1 Å². The highest BCUT2D eigenvalue weighted by Crippen LogP contribution is 2.32. The minimum Gasteiger partial charge on any atom is -0.488 e. The number of ether oxygens (including phenoxy) is 3. The highest BCUT2D eigenvalue weighted by Gasteiger charge is 2.23. The predicted molar refractivity (Wildman–Crippen MR) is 134 cm³/mol. The summed E-state index contributed by atoms with van der Waals surface area (Å²) in [5.41, 5.74) is 1.58. The van der Waals surface area contributed by atoms with Crippen LogP contribution in [0.3, 0.4) is 0 Å². The Morgan fingerprint density at radius 3 is 2.50 bits per heavy atom. The highest BCUT2D eigenvalue weighted by molar-refractivity contribution is 6.32. The second-order valence-corrected chi connectivity index (χ2v) is 8.99. The third kappa shape index (κ3) is 5.95. The summed E-state index contributed by atoms with van der Waals surface area (Å²) in [5, 5.41) is 7.22. The summed E-state index contributed by atoms with van der Waals surface area (Å²) in [4.78, 5) is 31.4. The molecule has 1 N–H and O–H groups in total. The number of nitrogens with zero attached hydrogens (tertiary/aromatic N) is 4. The summed E-state index contributed by atoms with van der Waals surface area (Å²) in [6.07, 6.45) is 2.15. The molecule has 3 heterocycles. The van der Waals surface area contributed by atoms with Gasteiger partial charge in [-0.1, -0.05) is 11.6 Å². The van der Waals surface area contributed by atoms with E-state index < -0.39 is 5.91 Å². The minimum atomic E-state index is -0.391. The van der Waals surface area contributed by atoms with Gasteiger partial charge in [-0.25, -0.2) is 4.98 Å². The molecule has 2 amide bonds. The monoisotopic (exact) mass is 513 g/mol. The molecule has 1 aliphatic heterocycles. The normalized spacial score (nSPS) is 13.6. The van der Waals surface area contributed by atoms with E-state index in [1.807, 2.05) is 13.8 Å². The number of nitrogens with one attached hydrogen (secondary N) is 1. The Kier molecular flexibility index (Phi) is 7.76. The quantitative estimate of drug-likeness (QED) is 0.459. The first-order valence-electron chi connectivity index (χ1n) is 11.5. The first-order valence-corrected chi connectivity index (χ1v) is 11.9. The zero-order valence-corrected chi connectivity index (χ0v) is 21.3. The van der Waals surface area contributed by atoms with E-state index in [0.717, 1.165) is 25.2 Å². The molecule has 1 unspecified atom stereocenters. The van der Waals surface area contributed by atoms with Crippen molar-refractivity contribution in [3.05, 3.63) is 58.4 Å². The van der Waals surface area contributed by atoms with E-state index >= 15 is 0 Å². The average Bonchev–Trinajstić information content (AvgIpc) is 3.10. The van der Waals surface area contributed by atoms with Gasteiger partial charge < -0.3 is 24.4 Å². The zero-order chi connectivity index (χ0) is 25.8. The number of anilines is 1. The number of pyridine rings is 1. The summed E-state index contributed by atoms with van der Waals surface area (Å²) in [7, 11) is 3.37. The summed E-state index contributed by atoms with van der Waals surface area (Å²) >= 11 is 6.39. The Labute approximate surface area is 214 Å². The van der Waals surface area contributed by atoms with E-state index in [1.165, 1.54) is 12.3 Å². The Morgan fingerprint density at radius 1 is 1.14 bits per heavy atom. The molecule has 4 rings (SSSR count). The maximum Gasteiger partial charge on any atom is 0.257 e. The van der Waals surface area contributed by atoms with Crippen molar-refractivity contribution < 1.29 is 23.8 Å². The maximum atomic E-state index is 13.0. The van der Waals surface area contributed by atoms with Gasteiger partial charge in [-0.15, -0.1) is 0 Å². The number of rotatable bonds is 9. The van der Waals surface area contributed by atoms with Crippen LogP contribution in [-0.2, 0) is 11.8 Å². The van der Waals surface area contributed by atoms with Crippen LogP contribution in [0.1, 0.15) is 39.8 Å². The number of benzene rings is 1. The van der Waals surface area contributed by atoms with Gasteiger partial charge in [-0.05, 0) is 38.5 Å². The van der Waals surface area contributed by atoms with Crippen LogP contribution in [0.5, 0.6) is 17.4 Å². The van der Waals surface area contributed by atoms with E-state index in [0.29, 0.717) is 23.7 Å². The molecule has 3 aromatic rings. The molecule has 2 aromatic heterocycles. The van der Waals surface area contributed by atoms with Crippen LogP contribution >= 0.6 is 11.6 Å². The standard InChI is InChI=1S/C25H28ClN5O5/c1-15-8-22(29-30(15)3)28-23(32)17-9-19(35-16(2)14-34-4)12-20(10-17)36-24-21(26)11-18(13-27-24)25(33)31-6-5-7-31/h8-13,16H,5-7,14H2,1-4H3,(H,28,29,32). The van der Waals surface area contributed by atoms with E-state index in [1.54, 1.807) is 48.0 Å². The van der Waals surface area contributed by atoms with Crippen LogP contribution in [0.2, 0.25) is 5.02 Å². The van der Waals surface area contributed by atoms with Crippen LogP contribution in [0.4, 0.5) is 5.82 Å². The molecule has 0 aliphatic carbocycles. The molecule has 1 aromatic carbocycles. The van der Waals surface area contributed by atoms with Crippen molar-refractivity contribution in [2.24, 2.45) is 7.05 Å². The second-order valence-electron chi connectivity index (χ2n) is 8.58. The smallest absolute Gasteiger partial charge is 0.257 e. The number of carbonyl (C=O) groups is 2. The lowest BCUT2D eigenvalue weighted by molar-refractivity contribution is 0.0651. The molecule has 1 atom stereocenters. The summed E-state index contributed by atoms with van der Waals surface area (Å²) in [6.45, 7) is 5.55. The van der Waals surface area contributed by atoms with Crippen molar-refractivity contribution in [1.82, 2.24) is 19.7 Å². The van der Waals surface area contributed by atoms with Gasteiger partial charge in [0.05, 0.1) is 12.2 Å². The van der Waals surface area contributed by atoms with Crippen molar-refractivity contribution in [3.63, 3.8) is 0 Å². The third-order valence-electron chi connectivity index (χ3n) is 5.65. The van der Waals surface area contributed by atoms with E-state index in [-0.39, 0.29) is 34.2 Å².